The summed E-state index contributed by atoms with van der Waals surface area (Å²) in [6.07, 6.45) is 2.07. The number of nitrogens with zero attached hydrogens (tertiary/aromatic N) is 2. The molecule has 0 aliphatic heterocycles. The van der Waals surface area contributed by atoms with Crippen LogP contribution in [0.2, 0.25) is 0 Å². The van der Waals surface area contributed by atoms with E-state index in [4.69, 9.17) is 15.2 Å². The summed E-state index contributed by atoms with van der Waals surface area (Å²) in [7, 11) is 0. The lowest BCUT2D eigenvalue weighted by Crippen LogP contribution is -2.39. The predicted molar refractivity (Wildman–Crippen MR) is 82.2 cm³/mol. The molecule has 0 aliphatic carbocycles. The van der Waals surface area contributed by atoms with Crippen molar-refractivity contribution >= 4 is 11.8 Å². The molecule has 1 heterocycles. The Labute approximate surface area is 126 Å². The van der Waals surface area contributed by atoms with Crippen molar-refractivity contribution in [1.82, 2.24) is 9.88 Å². The molecule has 1 aromatic rings. The van der Waals surface area contributed by atoms with Crippen LogP contribution in [0.5, 0.6) is 5.88 Å². The first-order valence-electron chi connectivity index (χ1n) is 7.14. The molecule has 0 aromatic carbocycles. The Balaban J connectivity index is 2.47. The average molecular weight is 295 g/mol. The third kappa shape index (κ3) is 6.83. The SMILES string of the molecule is CCCN(CCOc1ccc(N)cn1)C(=O)OC(C)(C)C. The minimum Gasteiger partial charge on any atom is -0.476 e. The van der Waals surface area contributed by atoms with Crippen molar-refractivity contribution in [1.29, 1.82) is 0 Å². The van der Waals surface area contributed by atoms with Crippen LogP contribution >= 0.6 is 0 Å². The lowest BCUT2D eigenvalue weighted by Gasteiger charge is -2.27. The molecule has 0 fully saturated rings. The molecular weight excluding hydrogens is 270 g/mol. The topological polar surface area (TPSA) is 77.7 Å². The number of rotatable bonds is 6. The number of ether oxygens (including phenoxy) is 2. The van der Waals surface area contributed by atoms with Crippen LogP contribution < -0.4 is 10.5 Å². The van der Waals surface area contributed by atoms with Crippen LogP contribution in [0.25, 0.3) is 0 Å². The van der Waals surface area contributed by atoms with Crippen molar-refractivity contribution in [2.24, 2.45) is 0 Å². The smallest absolute Gasteiger partial charge is 0.410 e. The molecule has 21 heavy (non-hydrogen) atoms. The van der Waals surface area contributed by atoms with E-state index in [-0.39, 0.29) is 6.09 Å². The fourth-order valence-corrected chi connectivity index (χ4v) is 1.63. The van der Waals surface area contributed by atoms with E-state index in [9.17, 15) is 4.79 Å². The number of hydrogen-bond acceptors (Lipinski definition) is 5. The van der Waals surface area contributed by atoms with Crippen molar-refractivity contribution in [3.8, 4) is 5.88 Å². The number of nitrogens with two attached hydrogens (primary N) is 1. The maximum Gasteiger partial charge on any atom is 0.410 e. The van der Waals surface area contributed by atoms with Crippen LogP contribution in [0.15, 0.2) is 18.3 Å². The molecule has 1 rings (SSSR count). The Hall–Kier alpha value is -1.98. The third-order valence-corrected chi connectivity index (χ3v) is 2.52. The molecule has 0 aliphatic rings. The molecule has 0 bridgehead atoms. The average Bonchev–Trinajstić information content (AvgIpc) is 2.38. The van der Waals surface area contributed by atoms with Gasteiger partial charge in [0.2, 0.25) is 5.88 Å². The number of pyridine rings is 1. The summed E-state index contributed by atoms with van der Waals surface area (Å²) in [6, 6.07) is 3.42. The summed E-state index contributed by atoms with van der Waals surface area (Å²) in [5, 5.41) is 0. The molecule has 0 unspecified atom stereocenters. The summed E-state index contributed by atoms with van der Waals surface area (Å²) in [6.45, 7) is 9.01. The summed E-state index contributed by atoms with van der Waals surface area (Å²) >= 11 is 0. The highest BCUT2D eigenvalue weighted by atomic mass is 16.6. The van der Waals surface area contributed by atoms with E-state index in [1.54, 1.807) is 17.0 Å². The second-order valence-corrected chi connectivity index (χ2v) is 5.75. The van der Waals surface area contributed by atoms with Crippen molar-refractivity contribution in [3.63, 3.8) is 0 Å². The zero-order valence-electron chi connectivity index (χ0n) is 13.3. The van der Waals surface area contributed by atoms with E-state index >= 15 is 0 Å². The lowest BCUT2D eigenvalue weighted by atomic mass is 10.2. The molecular formula is C15H25N3O3. The van der Waals surface area contributed by atoms with Crippen LogP contribution in [0.3, 0.4) is 0 Å². The monoisotopic (exact) mass is 295 g/mol. The molecule has 2 N–H and O–H groups in total. The van der Waals surface area contributed by atoms with E-state index in [1.165, 1.54) is 6.20 Å². The van der Waals surface area contributed by atoms with Gasteiger partial charge in [0.25, 0.3) is 0 Å². The summed E-state index contributed by atoms with van der Waals surface area (Å²) in [4.78, 5) is 17.7. The minimum absolute atomic E-state index is 0.321. The fourth-order valence-electron chi connectivity index (χ4n) is 1.63. The van der Waals surface area contributed by atoms with E-state index < -0.39 is 5.60 Å². The van der Waals surface area contributed by atoms with Gasteiger partial charge in [-0.2, -0.15) is 0 Å². The van der Waals surface area contributed by atoms with Crippen LogP contribution in [-0.2, 0) is 4.74 Å². The Bertz CT molecular complexity index is 440. The van der Waals surface area contributed by atoms with E-state index in [1.807, 2.05) is 27.7 Å². The molecule has 6 heteroatoms. The van der Waals surface area contributed by atoms with Crippen molar-refractivity contribution < 1.29 is 14.3 Å². The maximum atomic E-state index is 12.1. The first-order valence-corrected chi connectivity index (χ1v) is 7.14. The van der Waals surface area contributed by atoms with Gasteiger partial charge in [-0.1, -0.05) is 6.92 Å². The number of carbonyl (C=O) groups is 1. The lowest BCUT2D eigenvalue weighted by molar-refractivity contribution is 0.0225. The van der Waals surface area contributed by atoms with E-state index in [0.717, 1.165) is 6.42 Å². The Morgan fingerprint density at radius 3 is 2.57 bits per heavy atom. The van der Waals surface area contributed by atoms with Gasteiger partial charge in [-0.25, -0.2) is 9.78 Å². The summed E-state index contributed by atoms with van der Waals surface area (Å²) < 4.78 is 10.9. The van der Waals surface area contributed by atoms with Gasteiger partial charge in [-0.3, -0.25) is 0 Å². The van der Waals surface area contributed by atoms with Gasteiger partial charge in [-0.15, -0.1) is 0 Å². The fraction of sp³-hybridized carbons (Fsp3) is 0.600. The number of aromatic nitrogens is 1. The highest BCUT2D eigenvalue weighted by molar-refractivity contribution is 5.68. The first kappa shape index (κ1) is 17.1. The zero-order valence-corrected chi connectivity index (χ0v) is 13.3. The predicted octanol–water partition coefficient (Wildman–Crippen LogP) is 2.69. The standard InChI is InChI=1S/C15H25N3O3/c1-5-8-18(14(19)21-15(2,3)4)9-10-20-13-7-6-12(16)11-17-13/h6-7,11H,5,8-10,16H2,1-4H3. The number of nitrogen functional groups attached to an aromatic ring is 1. The number of anilines is 1. The second kappa shape index (κ2) is 7.71. The molecule has 1 amide bonds. The number of hydrogen-bond donors (Lipinski definition) is 1. The quantitative estimate of drug-likeness (QED) is 0.873. The van der Waals surface area contributed by atoms with E-state index in [0.29, 0.717) is 31.3 Å². The molecule has 1 aromatic heterocycles. The van der Waals surface area contributed by atoms with Gasteiger partial charge in [0, 0.05) is 12.6 Å². The summed E-state index contributed by atoms with van der Waals surface area (Å²) in [5.41, 5.74) is 5.64. The van der Waals surface area contributed by atoms with E-state index in [2.05, 4.69) is 4.98 Å². The maximum absolute atomic E-state index is 12.1. The largest absolute Gasteiger partial charge is 0.476 e. The third-order valence-electron chi connectivity index (χ3n) is 2.52. The van der Waals surface area contributed by atoms with Gasteiger partial charge in [0.1, 0.15) is 12.2 Å². The Kier molecular flexibility index (Phi) is 6.27. The molecule has 0 radical (unpaired) electrons. The highest BCUT2D eigenvalue weighted by Gasteiger charge is 2.21. The van der Waals surface area contributed by atoms with Crippen LogP contribution in [0.4, 0.5) is 10.5 Å². The van der Waals surface area contributed by atoms with Gasteiger partial charge < -0.3 is 20.1 Å². The molecule has 0 spiro atoms. The van der Waals surface area contributed by atoms with Gasteiger partial charge in [-0.05, 0) is 33.3 Å². The molecule has 0 saturated carbocycles. The van der Waals surface area contributed by atoms with Crippen molar-refractivity contribution in [2.45, 2.75) is 39.7 Å². The normalized spacial score (nSPS) is 11.0. The van der Waals surface area contributed by atoms with Crippen LogP contribution in [0.1, 0.15) is 34.1 Å². The minimum atomic E-state index is -0.498. The zero-order chi connectivity index (χ0) is 15.9. The van der Waals surface area contributed by atoms with Crippen molar-refractivity contribution in [2.75, 3.05) is 25.4 Å². The second-order valence-electron chi connectivity index (χ2n) is 5.75. The number of amides is 1. The molecule has 0 saturated heterocycles. The van der Waals surface area contributed by atoms with Crippen LogP contribution in [-0.4, -0.2) is 41.3 Å². The van der Waals surface area contributed by atoms with Gasteiger partial charge in [0.05, 0.1) is 18.4 Å². The van der Waals surface area contributed by atoms with Gasteiger partial charge in [0.15, 0.2) is 0 Å². The number of carbonyl (C=O) groups excluding carboxylic acids is 1. The van der Waals surface area contributed by atoms with Crippen molar-refractivity contribution in [3.05, 3.63) is 18.3 Å². The molecule has 118 valence electrons. The Morgan fingerprint density at radius 2 is 2.05 bits per heavy atom. The highest BCUT2D eigenvalue weighted by Crippen LogP contribution is 2.11. The van der Waals surface area contributed by atoms with Crippen LogP contribution in [0, 0.1) is 0 Å². The first-order chi connectivity index (χ1) is 9.81. The summed E-state index contributed by atoms with van der Waals surface area (Å²) in [5.74, 6) is 0.491. The Morgan fingerprint density at radius 1 is 1.33 bits per heavy atom. The molecule has 0 atom stereocenters. The van der Waals surface area contributed by atoms with Gasteiger partial charge >= 0.3 is 6.09 Å². The molecule has 6 nitrogen and oxygen atoms in total.